The van der Waals surface area contributed by atoms with Gasteiger partial charge in [0.25, 0.3) is 0 Å². The maximum atomic E-state index is 11.0. The molecule has 5 heteroatoms. The summed E-state index contributed by atoms with van der Waals surface area (Å²) in [7, 11) is 0. The molecule has 1 aromatic rings. The van der Waals surface area contributed by atoms with Crippen LogP contribution in [0.25, 0.3) is 0 Å². The van der Waals surface area contributed by atoms with Crippen molar-refractivity contribution in [3.05, 3.63) is 30.3 Å². The van der Waals surface area contributed by atoms with Gasteiger partial charge in [-0.2, -0.15) is 0 Å². The maximum Gasteiger partial charge on any atom is 0.220 e. The normalized spacial score (nSPS) is 20.7. The lowest BCUT2D eigenvalue weighted by Gasteiger charge is -2.24. The Hall–Kier alpha value is -1.59. The lowest BCUT2D eigenvalue weighted by atomic mass is 10.1. The molecule has 1 aliphatic heterocycles. The summed E-state index contributed by atoms with van der Waals surface area (Å²) in [6, 6.07) is 9.66. The largest absolute Gasteiger partial charge is 0.491 e. The van der Waals surface area contributed by atoms with Gasteiger partial charge in [0.05, 0.1) is 0 Å². The Morgan fingerprint density at radius 3 is 2.89 bits per heavy atom. The number of carbonyl (C=O) groups excluding carboxylic acids is 1. The zero-order valence-electron chi connectivity index (χ0n) is 10.8. The van der Waals surface area contributed by atoms with Gasteiger partial charge in [-0.25, -0.2) is 0 Å². The van der Waals surface area contributed by atoms with Crippen LogP contribution in [0.3, 0.4) is 0 Å². The molecule has 1 fully saturated rings. The third-order valence-electron chi connectivity index (χ3n) is 3.09. The highest BCUT2D eigenvalue weighted by Gasteiger charge is 2.18. The number of benzene rings is 1. The quantitative estimate of drug-likeness (QED) is 0.691. The average Bonchev–Trinajstić information content (AvgIpc) is 2.45. The standard InChI is InChI=1S/C14H20N2O3/c17-12(10-19-13-4-2-1-3-5-13)9-15-11-6-7-14(18)16-8-11/h1-5,11-12,15,17H,6-10H2,(H,16,18). The Morgan fingerprint density at radius 2 is 2.21 bits per heavy atom. The number of nitrogens with one attached hydrogen (secondary N) is 2. The van der Waals surface area contributed by atoms with Crippen LogP contribution in [-0.4, -0.2) is 42.9 Å². The zero-order chi connectivity index (χ0) is 13.5. The minimum atomic E-state index is -0.558. The van der Waals surface area contributed by atoms with Crippen molar-refractivity contribution in [1.29, 1.82) is 0 Å². The molecule has 0 aliphatic carbocycles. The van der Waals surface area contributed by atoms with Gasteiger partial charge in [0, 0.05) is 25.6 Å². The van der Waals surface area contributed by atoms with Crippen molar-refractivity contribution >= 4 is 5.91 Å². The lowest BCUT2D eigenvalue weighted by Crippen LogP contribution is -2.48. The fourth-order valence-corrected chi connectivity index (χ4v) is 1.98. The van der Waals surface area contributed by atoms with Crippen LogP contribution in [0, 0.1) is 0 Å². The molecule has 0 aromatic heterocycles. The molecule has 1 aromatic carbocycles. The van der Waals surface area contributed by atoms with Gasteiger partial charge in [0.15, 0.2) is 0 Å². The fourth-order valence-electron chi connectivity index (χ4n) is 1.98. The smallest absolute Gasteiger partial charge is 0.220 e. The molecule has 0 bridgehead atoms. The topological polar surface area (TPSA) is 70.6 Å². The predicted octanol–water partition coefficient (Wildman–Crippen LogP) is 0.294. The molecule has 2 unspecified atom stereocenters. The number of hydrogen-bond acceptors (Lipinski definition) is 4. The summed E-state index contributed by atoms with van der Waals surface area (Å²) in [4.78, 5) is 11.0. The molecule has 1 saturated heterocycles. The molecule has 1 heterocycles. The van der Waals surface area contributed by atoms with Gasteiger partial charge in [-0.15, -0.1) is 0 Å². The van der Waals surface area contributed by atoms with E-state index in [4.69, 9.17) is 4.74 Å². The molecule has 0 saturated carbocycles. The van der Waals surface area contributed by atoms with Crippen LogP contribution < -0.4 is 15.4 Å². The van der Waals surface area contributed by atoms with Crippen molar-refractivity contribution < 1.29 is 14.6 Å². The maximum absolute atomic E-state index is 11.0. The Morgan fingerprint density at radius 1 is 1.42 bits per heavy atom. The molecule has 5 nitrogen and oxygen atoms in total. The molecule has 2 atom stereocenters. The van der Waals surface area contributed by atoms with E-state index >= 15 is 0 Å². The number of amides is 1. The van der Waals surface area contributed by atoms with Gasteiger partial charge in [0.2, 0.25) is 5.91 Å². The monoisotopic (exact) mass is 264 g/mol. The molecule has 3 N–H and O–H groups in total. The van der Waals surface area contributed by atoms with E-state index in [2.05, 4.69) is 10.6 Å². The Kier molecular flexibility index (Phi) is 5.18. The number of ether oxygens (including phenoxy) is 1. The molecule has 19 heavy (non-hydrogen) atoms. The third-order valence-corrected chi connectivity index (χ3v) is 3.09. The van der Waals surface area contributed by atoms with Gasteiger partial charge in [-0.05, 0) is 18.6 Å². The summed E-state index contributed by atoms with van der Waals surface area (Å²) in [5.74, 6) is 0.859. The van der Waals surface area contributed by atoms with Crippen LogP contribution in [0.1, 0.15) is 12.8 Å². The van der Waals surface area contributed by atoms with E-state index in [9.17, 15) is 9.90 Å². The Labute approximate surface area is 113 Å². The van der Waals surface area contributed by atoms with Crippen LogP contribution >= 0.6 is 0 Å². The van der Waals surface area contributed by atoms with E-state index in [1.54, 1.807) is 0 Å². The van der Waals surface area contributed by atoms with E-state index in [0.29, 0.717) is 19.5 Å². The van der Waals surface area contributed by atoms with Gasteiger partial charge in [-0.3, -0.25) is 4.79 Å². The predicted molar refractivity (Wildman–Crippen MR) is 72.0 cm³/mol. The molecule has 0 spiro atoms. The van der Waals surface area contributed by atoms with Crippen molar-refractivity contribution in [1.82, 2.24) is 10.6 Å². The third kappa shape index (κ3) is 4.89. The molecule has 1 amide bonds. The van der Waals surface area contributed by atoms with E-state index in [0.717, 1.165) is 12.2 Å². The summed E-state index contributed by atoms with van der Waals surface area (Å²) >= 11 is 0. The first kappa shape index (κ1) is 13.8. The Balaban J connectivity index is 1.62. The second-order valence-corrected chi connectivity index (χ2v) is 4.73. The number of aliphatic hydroxyl groups excluding tert-OH is 1. The number of hydrogen-bond donors (Lipinski definition) is 3. The molecule has 0 radical (unpaired) electrons. The minimum Gasteiger partial charge on any atom is -0.491 e. The first-order chi connectivity index (χ1) is 9.24. The summed E-state index contributed by atoms with van der Waals surface area (Å²) in [5, 5.41) is 15.9. The molecule has 104 valence electrons. The van der Waals surface area contributed by atoms with E-state index in [1.807, 2.05) is 30.3 Å². The first-order valence-corrected chi connectivity index (χ1v) is 6.60. The number of para-hydroxylation sites is 1. The highest BCUT2D eigenvalue weighted by atomic mass is 16.5. The molecular formula is C14H20N2O3. The summed E-state index contributed by atoms with van der Waals surface area (Å²) in [5.41, 5.74) is 0. The summed E-state index contributed by atoms with van der Waals surface area (Å²) in [6.07, 6.45) is 0.810. The van der Waals surface area contributed by atoms with E-state index in [-0.39, 0.29) is 18.6 Å². The molecule has 1 aliphatic rings. The van der Waals surface area contributed by atoms with Crippen molar-refractivity contribution in [3.63, 3.8) is 0 Å². The van der Waals surface area contributed by atoms with E-state index < -0.39 is 6.10 Å². The van der Waals surface area contributed by atoms with Crippen molar-refractivity contribution in [2.75, 3.05) is 19.7 Å². The molecular weight excluding hydrogens is 244 g/mol. The van der Waals surface area contributed by atoms with Gasteiger partial charge < -0.3 is 20.5 Å². The van der Waals surface area contributed by atoms with Crippen molar-refractivity contribution in [3.8, 4) is 5.75 Å². The fraction of sp³-hybridized carbons (Fsp3) is 0.500. The zero-order valence-corrected chi connectivity index (χ0v) is 10.8. The van der Waals surface area contributed by atoms with Crippen LogP contribution in [-0.2, 0) is 4.79 Å². The van der Waals surface area contributed by atoms with Crippen LogP contribution in [0.5, 0.6) is 5.75 Å². The van der Waals surface area contributed by atoms with Gasteiger partial charge in [0.1, 0.15) is 18.5 Å². The van der Waals surface area contributed by atoms with Crippen LogP contribution in [0.4, 0.5) is 0 Å². The van der Waals surface area contributed by atoms with Crippen molar-refractivity contribution in [2.24, 2.45) is 0 Å². The van der Waals surface area contributed by atoms with Crippen molar-refractivity contribution in [2.45, 2.75) is 25.0 Å². The first-order valence-electron chi connectivity index (χ1n) is 6.60. The lowest BCUT2D eigenvalue weighted by molar-refractivity contribution is -0.122. The SMILES string of the molecule is O=C1CCC(NCC(O)COc2ccccc2)CN1. The highest BCUT2D eigenvalue weighted by Crippen LogP contribution is 2.08. The summed E-state index contributed by atoms with van der Waals surface area (Å²) in [6.45, 7) is 1.36. The number of piperidine rings is 1. The van der Waals surface area contributed by atoms with Gasteiger partial charge in [-0.1, -0.05) is 18.2 Å². The average molecular weight is 264 g/mol. The van der Waals surface area contributed by atoms with Crippen LogP contribution in [0.2, 0.25) is 0 Å². The highest BCUT2D eigenvalue weighted by molar-refractivity contribution is 5.76. The van der Waals surface area contributed by atoms with Gasteiger partial charge >= 0.3 is 0 Å². The minimum absolute atomic E-state index is 0.103. The number of aliphatic hydroxyl groups is 1. The summed E-state index contributed by atoms with van der Waals surface area (Å²) < 4.78 is 5.46. The Bertz CT molecular complexity index is 387. The number of carbonyl (C=O) groups is 1. The number of rotatable bonds is 6. The second-order valence-electron chi connectivity index (χ2n) is 4.73. The van der Waals surface area contributed by atoms with Crippen LogP contribution in [0.15, 0.2) is 30.3 Å². The van der Waals surface area contributed by atoms with E-state index in [1.165, 1.54) is 0 Å². The second kappa shape index (κ2) is 7.11. The molecule has 2 rings (SSSR count).